The van der Waals surface area contributed by atoms with Crippen LogP contribution in [0.5, 0.6) is 0 Å². The number of nitrogens with zero attached hydrogens (tertiary/aromatic N) is 1. The van der Waals surface area contributed by atoms with Gasteiger partial charge in [-0.05, 0) is 35.7 Å². The van der Waals surface area contributed by atoms with Crippen molar-refractivity contribution in [2.75, 3.05) is 4.90 Å². The van der Waals surface area contributed by atoms with E-state index in [2.05, 4.69) is 19.1 Å². The number of aryl methyl sites for hydroxylation is 1. The number of fused-ring (bicyclic) bond motifs is 1. The average Bonchev–Trinajstić information content (AvgIpc) is 2.77. The van der Waals surface area contributed by atoms with E-state index >= 15 is 0 Å². The molecule has 1 aliphatic rings. The van der Waals surface area contributed by atoms with Crippen LogP contribution in [0, 0.1) is 0 Å². The van der Waals surface area contributed by atoms with Crippen molar-refractivity contribution in [1.29, 1.82) is 0 Å². The van der Waals surface area contributed by atoms with Crippen LogP contribution in [0.2, 0.25) is 0 Å². The quantitative estimate of drug-likeness (QED) is 0.783. The summed E-state index contributed by atoms with van der Waals surface area (Å²) in [7, 11) is 0. The molecule has 0 spiro atoms. The highest BCUT2D eigenvalue weighted by Gasteiger charge is 2.27. The topological polar surface area (TPSA) is 20.3 Å². The standard InChI is InChI=1S/C16H15NO/c1-2-12-7-9-14(10-8-12)17-11-13-5-3-4-6-15(13)16(17)18/h3-10H,2,11H2,1H3. The van der Waals surface area contributed by atoms with Crippen LogP contribution >= 0.6 is 0 Å². The molecule has 0 aliphatic carbocycles. The van der Waals surface area contributed by atoms with Gasteiger partial charge < -0.3 is 4.90 Å². The minimum atomic E-state index is 0.106. The van der Waals surface area contributed by atoms with E-state index in [1.54, 1.807) is 0 Å². The molecule has 18 heavy (non-hydrogen) atoms. The van der Waals surface area contributed by atoms with Crippen LogP contribution in [-0.4, -0.2) is 5.91 Å². The fourth-order valence-electron chi connectivity index (χ4n) is 2.37. The molecule has 1 aliphatic heterocycles. The zero-order valence-electron chi connectivity index (χ0n) is 10.4. The van der Waals surface area contributed by atoms with Crippen LogP contribution in [0.3, 0.4) is 0 Å². The number of carbonyl (C=O) groups is 1. The maximum absolute atomic E-state index is 12.3. The van der Waals surface area contributed by atoms with E-state index in [0.29, 0.717) is 6.54 Å². The minimum absolute atomic E-state index is 0.106. The van der Waals surface area contributed by atoms with Crippen molar-refractivity contribution in [1.82, 2.24) is 0 Å². The second-order valence-electron chi connectivity index (χ2n) is 4.57. The van der Waals surface area contributed by atoms with Crippen molar-refractivity contribution in [2.45, 2.75) is 19.9 Å². The van der Waals surface area contributed by atoms with Crippen molar-refractivity contribution in [2.24, 2.45) is 0 Å². The Hall–Kier alpha value is -2.09. The summed E-state index contributed by atoms with van der Waals surface area (Å²) in [5.41, 5.74) is 4.22. The maximum atomic E-state index is 12.3. The summed E-state index contributed by atoms with van der Waals surface area (Å²) >= 11 is 0. The molecule has 2 aromatic carbocycles. The van der Waals surface area contributed by atoms with Crippen LogP contribution in [0.1, 0.15) is 28.4 Å². The van der Waals surface area contributed by atoms with Gasteiger partial charge >= 0.3 is 0 Å². The smallest absolute Gasteiger partial charge is 0.258 e. The Labute approximate surface area is 107 Å². The summed E-state index contributed by atoms with van der Waals surface area (Å²) in [5, 5.41) is 0. The molecule has 0 atom stereocenters. The van der Waals surface area contributed by atoms with Gasteiger partial charge in [0.05, 0.1) is 6.54 Å². The largest absolute Gasteiger partial charge is 0.304 e. The first kappa shape index (κ1) is 11.0. The minimum Gasteiger partial charge on any atom is -0.304 e. The highest BCUT2D eigenvalue weighted by atomic mass is 16.2. The first-order valence-corrected chi connectivity index (χ1v) is 6.28. The second kappa shape index (κ2) is 4.30. The van der Waals surface area contributed by atoms with E-state index in [4.69, 9.17) is 0 Å². The molecule has 0 saturated carbocycles. The van der Waals surface area contributed by atoms with E-state index in [1.807, 2.05) is 41.3 Å². The highest BCUT2D eigenvalue weighted by molar-refractivity contribution is 6.09. The zero-order valence-corrected chi connectivity index (χ0v) is 10.4. The summed E-state index contributed by atoms with van der Waals surface area (Å²) in [5.74, 6) is 0.106. The van der Waals surface area contributed by atoms with Gasteiger partial charge in [-0.15, -0.1) is 0 Å². The third kappa shape index (κ3) is 1.70. The SMILES string of the molecule is CCc1ccc(N2Cc3ccccc3C2=O)cc1. The summed E-state index contributed by atoms with van der Waals surface area (Å²) in [6.45, 7) is 2.81. The Kier molecular flexibility index (Phi) is 2.63. The predicted molar refractivity (Wildman–Crippen MR) is 72.8 cm³/mol. The second-order valence-corrected chi connectivity index (χ2v) is 4.57. The molecular formula is C16H15NO. The molecular weight excluding hydrogens is 222 g/mol. The molecule has 0 unspecified atom stereocenters. The molecule has 90 valence electrons. The molecule has 0 saturated heterocycles. The summed E-state index contributed by atoms with van der Waals surface area (Å²) in [4.78, 5) is 14.1. The number of hydrogen-bond acceptors (Lipinski definition) is 1. The molecule has 2 aromatic rings. The van der Waals surface area contributed by atoms with E-state index in [9.17, 15) is 4.79 Å². The Morgan fingerprint density at radius 2 is 1.78 bits per heavy atom. The Morgan fingerprint density at radius 1 is 1.06 bits per heavy atom. The number of hydrogen-bond donors (Lipinski definition) is 0. The summed E-state index contributed by atoms with van der Waals surface area (Å²) in [6.07, 6.45) is 1.02. The van der Waals surface area contributed by atoms with Crippen LogP contribution in [0.25, 0.3) is 0 Å². The first-order valence-electron chi connectivity index (χ1n) is 6.28. The van der Waals surface area contributed by atoms with Crippen molar-refractivity contribution < 1.29 is 4.79 Å². The average molecular weight is 237 g/mol. The van der Waals surface area contributed by atoms with Gasteiger partial charge in [0, 0.05) is 11.3 Å². The van der Waals surface area contributed by atoms with Crippen LogP contribution in [0.15, 0.2) is 48.5 Å². The number of carbonyl (C=O) groups excluding carboxylic acids is 1. The van der Waals surface area contributed by atoms with Crippen LogP contribution < -0.4 is 4.90 Å². The van der Waals surface area contributed by atoms with Gasteiger partial charge in [-0.1, -0.05) is 37.3 Å². The molecule has 2 nitrogen and oxygen atoms in total. The maximum Gasteiger partial charge on any atom is 0.258 e. The van der Waals surface area contributed by atoms with E-state index < -0.39 is 0 Å². The fourth-order valence-corrected chi connectivity index (χ4v) is 2.37. The molecule has 0 bridgehead atoms. The zero-order chi connectivity index (χ0) is 12.5. The van der Waals surface area contributed by atoms with Gasteiger partial charge in [0.1, 0.15) is 0 Å². The fraction of sp³-hybridized carbons (Fsp3) is 0.188. The van der Waals surface area contributed by atoms with Gasteiger partial charge in [0.25, 0.3) is 5.91 Å². The third-order valence-electron chi connectivity index (χ3n) is 3.48. The Bertz CT molecular complexity index is 586. The Morgan fingerprint density at radius 3 is 2.44 bits per heavy atom. The van der Waals surface area contributed by atoms with Crippen LogP contribution in [0.4, 0.5) is 5.69 Å². The number of anilines is 1. The predicted octanol–water partition coefficient (Wildman–Crippen LogP) is 3.41. The van der Waals surface area contributed by atoms with Crippen molar-refractivity contribution >= 4 is 11.6 Å². The van der Waals surface area contributed by atoms with Gasteiger partial charge in [0.15, 0.2) is 0 Å². The van der Waals surface area contributed by atoms with Gasteiger partial charge in [-0.25, -0.2) is 0 Å². The lowest BCUT2D eigenvalue weighted by Crippen LogP contribution is -2.22. The monoisotopic (exact) mass is 237 g/mol. The van der Waals surface area contributed by atoms with E-state index in [1.165, 1.54) is 5.56 Å². The molecule has 0 N–H and O–H groups in total. The Balaban J connectivity index is 1.93. The molecule has 0 fully saturated rings. The number of rotatable bonds is 2. The van der Waals surface area contributed by atoms with Crippen molar-refractivity contribution in [3.8, 4) is 0 Å². The first-order chi connectivity index (χ1) is 8.79. The number of benzene rings is 2. The van der Waals surface area contributed by atoms with Crippen molar-refractivity contribution in [3.05, 3.63) is 65.2 Å². The summed E-state index contributed by atoms with van der Waals surface area (Å²) in [6, 6.07) is 16.1. The molecule has 3 rings (SSSR count). The molecule has 2 heteroatoms. The van der Waals surface area contributed by atoms with Crippen molar-refractivity contribution in [3.63, 3.8) is 0 Å². The van der Waals surface area contributed by atoms with Gasteiger partial charge in [-0.3, -0.25) is 4.79 Å². The van der Waals surface area contributed by atoms with E-state index in [0.717, 1.165) is 23.2 Å². The number of amides is 1. The molecule has 1 amide bonds. The molecule has 0 aromatic heterocycles. The normalized spacial score (nSPS) is 13.8. The lowest BCUT2D eigenvalue weighted by molar-refractivity contribution is 0.0996. The van der Waals surface area contributed by atoms with E-state index in [-0.39, 0.29) is 5.91 Å². The van der Waals surface area contributed by atoms with Gasteiger partial charge in [-0.2, -0.15) is 0 Å². The molecule has 1 heterocycles. The summed E-state index contributed by atoms with van der Waals surface area (Å²) < 4.78 is 0. The lowest BCUT2D eigenvalue weighted by atomic mass is 10.1. The highest BCUT2D eigenvalue weighted by Crippen LogP contribution is 2.28. The van der Waals surface area contributed by atoms with Crippen LogP contribution in [-0.2, 0) is 13.0 Å². The third-order valence-corrected chi connectivity index (χ3v) is 3.48. The molecule has 0 radical (unpaired) electrons. The van der Waals surface area contributed by atoms with Gasteiger partial charge in [0.2, 0.25) is 0 Å². The lowest BCUT2D eigenvalue weighted by Gasteiger charge is -2.16.